The highest BCUT2D eigenvalue weighted by Gasteiger charge is 2.24. The van der Waals surface area contributed by atoms with Crippen molar-refractivity contribution in [1.82, 2.24) is 14.1 Å². The molecule has 5 rings (SSSR count). The van der Waals surface area contributed by atoms with E-state index >= 15 is 0 Å². The van der Waals surface area contributed by atoms with E-state index in [0.29, 0.717) is 10.9 Å². The first-order chi connectivity index (χ1) is 16.7. The molecule has 7 heteroatoms. The molecule has 0 atom stereocenters. The molecule has 1 fully saturated rings. The summed E-state index contributed by atoms with van der Waals surface area (Å²) in [5, 5.41) is 0.566. The largest absolute Gasteiger partial charge is 0.497 e. The van der Waals surface area contributed by atoms with Gasteiger partial charge in [-0.1, -0.05) is 37.5 Å². The van der Waals surface area contributed by atoms with Crippen LogP contribution in [0.25, 0.3) is 16.6 Å². The SMILES string of the molecule is COc1ccc(SNC(=O)c2ccc3c(c2)c(=O)n(-c2ccccc2)n3C2CCCCC2)cc1. The second-order valence-corrected chi connectivity index (χ2v) is 9.41. The Labute approximate surface area is 202 Å². The molecule has 0 aliphatic heterocycles. The van der Waals surface area contributed by atoms with Gasteiger partial charge in [0.1, 0.15) is 5.75 Å². The summed E-state index contributed by atoms with van der Waals surface area (Å²) in [6.45, 7) is 0. The molecule has 0 bridgehead atoms. The Kier molecular flexibility index (Phi) is 6.45. The molecule has 1 N–H and O–H groups in total. The third-order valence-electron chi connectivity index (χ3n) is 6.39. The van der Waals surface area contributed by atoms with E-state index in [4.69, 9.17) is 4.74 Å². The van der Waals surface area contributed by atoms with Crippen molar-refractivity contribution in [2.45, 2.75) is 43.0 Å². The number of fused-ring (bicyclic) bond motifs is 1. The van der Waals surface area contributed by atoms with Crippen LogP contribution in [-0.4, -0.2) is 22.4 Å². The maximum Gasteiger partial charge on any atom is 0.279 e. The second-order valence-electron chi connectivity index (χ2n) is 8.53. The molecule has 4 aromatic rings. The standard InChI is InChI=1S/C27H27N3O3S/c1-33-22-13-15-23(16-14-22)34-28-26(31)19-12-17-25-24(18-19)27(32)30(21-10-6-3-7-11-21)29(25)20-8-4-2-5-9-20/h3,6-7,10-18,20H,2,4-5,8-9H2,1H3,(H,28,31). The number of nitrogens with one attached hydrogen (secondary N) is 1. The van der Waals surface area contributed by atoms with Gasteiger partial charge >= 0.3 is 0 Å². The molecule has 6 nitrogen and oxygen atoms in total. The Balaban J connectivity index is 1.49. The first kappa shape index (κ1) is 22.3. The Bertz CT molecular complexity index is 1350. The average molecular weight is 474 g/mol. The fraction of sp³-hybridized carbons (Fsp3) is 0.259. The number of methoxy groups -OCH3 is 1. The minimum Gasteiger partial charge on any atom is -0.497 e. The van der Waals surface area contributed by atoms with E-state index in [9.17, 15) is 9.59 Å². The summed E-state index contributed by atoms with van der Waals surface area (Å²) in [4.78, 5) is 27.4. The van der Waals surface area contributed by atoms with Gasteiger partial charge in [0.15, 0.2) is 0 Å². The van der Waals surface area contributed by atoms with E-state index in [1.165, 1.54) is 18.4 Å². The highest BCUT2D eigenvalue weighted by Crippen LogP contribution is 2.32. The van der Waals surface area contributed by atoms with Crippen LogP contribution >= 0.6 is 11.9 Å². The van der Waals surface area contributed by atoms with E-state index in [1.54, 1.807) is 23.9 Å². The summed E-state index contributed by atoms with van der Waals surface area (Å²) in [6.07, 6.45) is 5.67. The number of aromatic nitrogens is 2. The number of amides is 1. The van der Waals surface area contributed by atoms with Gasteiger partial charge in [-0.15, -0.1) is 0 Å². The molecule has 1 saturated carbocycles. The van der Waals surface area contributed by atoms with Crippen LogP contribution in [0.5, 0.6) is 5.75 Å². The summed E-state index contributed by atoms with van der Waals surface area (Å²) in [5.74, 6) is 0.525. The van der Waals surface area contributed by atoms with E-state index in [-0.39, 0.29) is 17.5 Å². The van der Waals surface area contributed by atoms with Gasteiger partial charge in [0, 0.05) is 10.5 Å². The molecule has 0 saturated heterocycles. The molecule has 1 aliphatic carbocycles. The van der Waals surface area contributed by atoms with Gasteiger partial charge < -0.3 is 4.74 Å². The third-order valence-corrected chi connectivity index (χ3v) is 7.18. The maximum atomic E-state index is 13.6. The van der Waals surface area contributed by atoms with Crippen molar-refractivity contribution in [1.29, 1.82) is 0 Å². The predicted molar refractivity (Wildman–Crippen MR) is 136 cm³/mol. The Morgan fingerprint density at radius 3 is 2.41 bits per heavy atom. The van der Waals surface area contributed by atoms with Gasteiger partial charge in [-0.2, -0.15) is 0 Å². The van der Waals surface area contributed by atoms with Crippen molar-refractivity contribution in [3.63, 3.8) is 0 Å². The Hall–Kier alpha value is -3.45. The second kappa shape index (κ2) is 9.81. The number of rotatable bonds is 6. The van der Waals surface area contributed by atoms with E-state index in [0.717, 1.165) is 47.5 Å². The molecule has 0 spiro atoms. The van der Waals surface area contributed by atoms with Crippen molar-refractivity contribution in [2.75, 3.05) is 7.11 Å². The number of ether oxygens (including phenoxy) is 1. The lowest BCUT2D eigenvalue weighted by atomic mass is 9.95. The van der Waals surface area contributed by atoms with Crippen LogP contribution in [-0.2, 0) is 0 Å². The summed E-state index contributed by atoms with van der Waals surface area (Å²) in [5.41, 5.74) is 2.09. The van der Waals surface area contributed by atoms with Crippen LogP contribution in [0, 0.1) is 0 Å². The lowest BCUT2D eigenvalue weighted by Gasteiger charge is -2.26. The molecule has 0 unspecified atom stereocenters. The molecular weight excluding hydrogens is 446 g/mol. The highest BCUT2D eigenvalue weighted by molar-refractivity contribution is 7.98. The van der Waals surface area contributed by atoms with Crippen LogP contribution in [0.1, 0.15) is 48.5 Å². The van der Waals surface area contributed by atoms with Crippen LogP contribution in [0.4, 0.5) is 0 Å². The number of para-hydroxylation sites is 1. The lowest BCUT2D eigenvalue weighted by Crippen LogP contribution is -2.25. The van der Waals surface area contributed by atoms with Crippen LogP contribution in [0.3, 0.4) is 0 Å². The number of carbonyl (C=O) groups excluding carboxylic acids is 1. The summed E-state index contributed by atoms with van der Waals surface area (Å²) < 4.78 is 12.0. The summed E-state index contributed by atoms with van der Waals surface area (Å²) in [7, 11) is 1.62. The Morgan fingerprint density at radius 1 is 0.971 bits per heavy atom. The monoisotopic (exact) mass is 473 g/mol. The first-order valence-electron chi connectivity index (χ1n) is 11.6. The lowest BCUT2D eigenvalue weighted by molar-refractivity contribution is 0.0984. The zero-order chi connectivity index (χ0) is 23.5. The number of hydrogen-bond donors (Lipinski definition) is 1. The van der Waals surface area contributed by atoms with Crippen molar-refractivity contribution in [2.24, 2.45) is 0 Å². The molecular formula is C27H27N3O3S. The van der Waals surface area contributed by atoms with Gasteiger partial charge in [0.25, 0.3) is 11.5 Å². The summed E-state index contributed by atoms with van der Waals surface area (Å²) >= 11 is 1.24. The van der Waals surface area contributed by atoms with Gasteiger partial charge in [-0.05, 0) is 79.4 Å². The van der Waals surface area contributed by atoms with Gasteiger partial charge in [-0.3, -0.25) is 19.0 Å². The average Bonchev–Trinajstić information content (AvgIpc) is 3.20. The molecule has 1 heterocycles. The number of hydrogen-bond acceptors (Lipinski definition) is 4. The van der Waals surface area contributed by atoms with Crippen molar-refractivity contribution in [3.05, 3.63) is 88.7 Å². The predicted octanol–water partition coefficient (Wildman–Crippen LogP) is 5.74. The van der Waals surface area contributed by atoms with E-state index in [1.807, 2.05) is 60.7 Å². The van der Waals surface area contributed by atoms with Crippen molar-refractivity contribution >= 4 is 28.8 Å². The topological polar surface area (TPSA) is 65.3 Å². The van der Waals surface area contributed by atoms with Crippen molar-refractivity contribution in [3.8, 4) is 11.4 Å². The van der Waals surface area contributed by atoms with Crippen molar-refractivity contribution < 1.29 is 9.53 Å². The van der Waals surface area contributed by atoms with Gasteiger partial charge in [0.05, 0.1) is 29.7 Å². The molecule has 3 aromatic carbocycles. The molecule has 34 heavy (non-hydrogen) atoms. The smallest absolute Gasteiger partial charge is 0.279 e. The highest BCUT2D eigenvalue weighted by atomic mass is 32.2. The van der Waals surface area contributed by atoms with Gasteiger partial charge in [-0.25, -0.2) is 4.68 Å². The number of nitrogens with zero attached hydrogens (tertiary/aromatic N) is 2. The van der Waals surface area contributed by atoms with E-state index in [2.05, 4.69) is 9.40 Å². The molecule has 1 amide bonds. The third kappa shape index (κ3) is 4.35. The van der Waals surface area contributed by atoms with Crippen LogP contribution in [0.2, 0.25) is 0 Å². The minimum absolute atomic E-state index is 0.0933. The molecule has 174 valence electrons. The quantitative estimate of drug-likeness (QED) is 0.363. The fourth-order valence-corrected chi connectivity index (χ4v) is 5.27. The molecule has 1 aromatic heterocycles. The van der Waals surface area contributed by atoms with Crippen LogP contribution in [0.15, 0.2) is 82.5 Å². The normalized spacial score (nSPS) is 14.3. The molecule has 1 aliphatic rings. The maximum absolute atomic E-state index is 13.6. The summed E-state index contributed by atoms with van der Waals surface area (Å²) in [6, 6.07) is 22.9. The number of benzene rings is 3. The zero-order valence-corrected chi connectivity index (χ0v) is 19.9. The van der Waals surface area contributed by atoms with Crippen LogP contribution < -0.4 is 15.0 Å². The number of carbonyl (C=O) groups is 1. The molecule has 0 radical (unpaired) electrons. The minimum atomic E-state index is -0.237. The first-order valence-corrected chi connectivity index (χ1v) is 12.4. The zero-order valence-electron chi connectivity index (χ0n) is 19.1. The fourth-order valence-electron chi connectivity index (χ4n) is 4.67. The van der Waals surface area contributed by atoms with E-state index < -0.39 is 0 Å². The van der Waals surface area contributed by atoms with Gasteiger partial charge in [0.2, 0.25) is 0 Å². The Morgan fingerprint density at radius 2 is 1.71 bits per heavy atom.